The maximum Gasteiger partial charge on any atom is 0.125 e. The molecule has 0 saturated heterocycles. The second-order valence-electron chi connectivity index (χ2n) is 5.18. The fraction of sp³-hybridized carbons (Fsp3) is 0.294. The van der Waals surface area contributed by atoms with E-state index in [9.17, 15) is 4.39 Å². The predicted molar refractivity (Wildman–Crippen MR) is 84.0 cm³/mol. The van der Waals surface area contributed by atoms with Crippen molar-refractivity contribution in [2.45, 2.75) is 26.0 Å². The number of ether oxygens (including phenoxy) is 1. The number of benzene rings is 2. The summed E-state index contributed by atoms with van der Waals surface area (Å²) in [7, 11) is 0. The monoisotopic (exact) mass is 288 g/mol. The van der Waals surface area contributed by atoms with Gasteiger partial charge in [-0.1, -0.05) is 18.2 Å². The molecule has 0 amide bonds. The predicted octanol–water partition coefficient (Wildman–Crippen LogP) is 3.72. The number of rotatable bonds is 6. The molecule has 0 spiro atoms. The molecular formula is C17H21FN2O. The van der Waals surface area contributed by atoms with Crippen molar-refractivity contribution >= 4 is 5.69 Å². The normalized spacial score (nSPS) is 12.2. The van der Waals surface area contributed by atoms with Crippen LogP contribution >= 0.6 is 0 Å². The molecule has 2 aromatic rings. The third-order valence-corrected chi connectivity index (χ3v) is 3.06. The summed E-state index contributed by atoms with van der Waals surface area (Å²) >= 11 is 0. The molecule has 21 heavy (non-hydrogen) atoms. The van der Waals surface area contributed by atoms with Gasteiger partial charge in [0.25, 0.3) is 0 Å². The molecule has 0 saturated carbocycles. The van der Waals surface area contributed by atoms with E-state index in [4.69, 9.17) is 10.5 Å². The molecule has 0 fully saturated rings. The summed E-state index contributed by atoms with van der Waals surface area (Å²) in [6, 6.07) is 14.1. The van der Waals surface area contributed by atoms with E-state index < -0.39 is 0 Å². The van der Waals surface area contributed by atoms with Crippen molar-refractivity contribution < 1.29 is 9.13 Å². The van der Waals surface area contributed by atoms with Gasteiger partial charge in [-0.3, -0.25) is 0 Å². The highest BCUT2D eigenvalue weighted by Crippen LogP contribution is 2.22. The molecule has 3 nitrogen and oxygen atoms in total. The molecule has 1 atom stereocenters. The van der Waals surface area contributed by atoms with Crippen molar-refractivity contribution in [3.8, 4) is 5.75 Å². The standard InChI is InChI=1S/C17H21FN2O/c1-12(2)21-16-8-6-13(7-9-16)17(11-19)20-15-5-3-4-14(18)10-15/h3-10,12,17,20H,11,19H2,1-2H3. The van der Waals surface area contributed by atoms with Crippen LogP contribution in [0.5, 0.6) is 5.75 Å². The Bertz CT molecular complexity index is 569. The average Bonchev–Trinajstić information content (AvgIpc) is 2.45. The molecule has 3 N–H and O–H groups in total. The Kier molecular flexibility index (Phi) is 5.17. The van der Waals surface area contributed by atoms with E-state index in [1.165, 1.54) is 12.1 Å². The van der Waals surface area contributed by atoms with Gasteiger partial charge in [-0.2, -0.15) is 0 Å². The summed E-state index contributed by atoms with van der Waals surface area (Å²) in [5.41, 5.74) is 7.58. The Labute approximate surface area is 124 Å². The average molecular weight is 288 g/mol. The van der Waals surface area contributed by atoms with Crippen LogP contribution < -0.4 is 15.8 Å². The summed E-state index contributed by atoms with van der Waals surface area (Å²) in [4.78, 5) is 0. The van der Waals surface area contributed by atoms with Crippen molar-refractivity contribution in [3.63, 3.8) is 0 Å². The van der Waals surface area contributed by atoms with Crippen molar-refractivity contribution in [1.82, 2.24) is 0 Å². The molecule has 4 heteroatoms. The van der Waals surface area contributed by atoms with Gasteiger partial charge in [-0.15, -0.1) is 0 Å². The Morgan fingerprint density at radius 1 is 1.14 bits per heavy atom. The number of hydrogen-bond donors (Lipinski definition) is 2. The molecule has 0 aliphatic rings. The van der Waals surface area contributed by atoms with Crippen molar-refractivity contribution in [2.24, 2.45) is 5.73 Å². The van der Waals surface area contributed by atoms with Gasteiger partial charge in [-0.05, 0) is 49.7 Å². The van der Waals surface area contributed by atoms with Crippen LogP contribution in [-0.2, 0) is 0 Å². The van der Waals surface area contributed by atoms with E-state index in [2.05, 4.69) is 5.32 Å². The lowest BCUT2D eigenvalue weighted by molar-refractivity contribution is 0.242. The van der Waals surface area contributed by atoms with Crippen LogP contribution in [0.25, 0.3) is 0 Å². The van der Waals surface area contributed by atoms with Crippen molar-refractivity contribution in [1.29, 1.82) is 0 Å². The van der Waals surface area contributed by atoms with E-state index in [1.54, 1.807) is 6.07 Å². The van der Waals surface area contributed by atoms with Gasteiger partial charge < -0.3 is 15.8 Å². The zero-order valence-corrected chi connectivity index (χ0v) is 12.3. The number of hydrogen-bond acceptors (Lipinski definition) is 3. The molecule has 0 aromatic heterocycles. The van der Waals surface area contributed by atoms with Crippen molar-refractivity contribution in [3.05, 3.63) is 59.9 Å². The smallest absolute Gasteiger partial charge is 0.125 e. The Balaban J connectivity index is 2.10. The zero-order valence-electron chi connectivity index (χ0n) is 12.3. The first-order valence-electron chi connectivity index (χ1n) is 7.07. The minimum Gasteiger partial charge on any atom is -0.491 e. The molecule has 0 radical (unpaired) electrons. The molecule has 0 aliphatic carbocycles. The first kappa shape index (κ1) is 15.3. The lowest BCUT2D eigenvalue weighted by Gasteiger charge is -2.19. The summed E-state index contributed by atoms with van der Waals surface area (Å²) in [6.07, 6.45) is 0.145. The van der Waals surface area contributed by atoms with Gasteiger partial charge in [0.1, 0.15) is 11.6 Å². The minimum atomic E-state index is -0.267. The van der Waals surface area contributed by atoms with Gasteiger partial charge >= 0.3 is 0 Å². The molecule has 0 bridgehead atoms. The summed E-state index contributed by atoms with van der Waals surface area (Å²) < 4.78 is 18.8. The minimum absolute atomic E-state index is 0.0695. The third kappa shape index (κ3) is 4.46. The van der Waals surface area contributed by atoms with Gasteiger partial charge in [0.2, 0.25) is 0 Å². The molecule has 2 rings (SSSR count). The second-order valence-corrected chi connectivity index (χ2v) is 5.18. The zero-order chi connectivity index (χ0) is 15.2. The van der Waals surface area contributed by atoms with Crippen LogP contribution in [0.3, 0.4) is 0 Å². The first-order valence-corrected chi connectivity index (χ1v) is 7.07. The number of halogens is 1. The van der Waals surface area contributed by atoms with Crippen LogP contribution in [0.4, 0.5) is 10.1 Å². The molecule has 2 aromatic carbocycles. The van der Waals surface area contributed by atoms with E-state index in [0.717, 1.165) is 11.3 Å². The second kappa shape index (κ2) is 7.09. The fourth-order valence-electron chi connectivity index (χ4n) is 2.11. The molecule has 0 heterocycles. The van der Waals surface area contributed by atoms with Gasteiger partial charge in [0, 0.05) is 12.2 Å². The Hall–Kier alpha value is -2.07. The van der Waals surface area contributed by atoms with Gasteiger partial charge in [0.15, 0.2) is 0 Å². The highest BCUT2D eigenvalue weighted by atomic mass is 19.1. The Morgan fingerprint density at radius 2 is 1.86 bits per heavy atom. The van der Waals surface area contributed by atoms with Crippen LogP contribution in [0.1, 0.15) is 25.5 Å². The topological polar surface area (TPSA) is 47.3 Å². The number of anilines is 1. The maximum absolute atomic E-state index is 13.2. The number of nitrogens with two attached hydrogens (primary N) is 1. The first-order chi connectivity index (χ1) is 10.1. The van der Waals surface area contributed by atoms with Crippen LogP contribution in [0.2, 0.25) is 0 Å². The van der Waals surface area contributed by atoms with Crippen molar-refractivity contribution in [2.75, 3.05) is 11.9 Å². The molecule has 1 unspecified atom stereocenters. The maximum atomic E-state index is 13.2. The highest BCUT2D eigenvalue weighted by molar-refractivity contribution is 5.46. The molecule has 0 aliphatic heterocycles. The summed E-state index contributed by atoms with van der Waals surface area (Å²) in [6.45, 7) is 4.39. The van der Waals surface area contributed by atoms with Crippen LogP contribution in [-0.4, -0.2) is 12.6 Å². The molecular weight excluding hydrogens is 267 g/mol. The van der Waals surface area contributed by atoms with E-state index in [-0.39, 0.29) is 18.0 Å². The highest BCUT2D eigenvalue weighted by Gasteiger charge is 2.10. The number of nitrogens with one attached hydrogen (secondary N) is 1. The van der Waals surface area contributed by atoms with E-state index in [0.29, 0.717) is 12.2 Å². The van der Waals surface area contributed by atoms with E-state index in [1.807, 2.05) is 44.2 Å². The van der Waals surface area contributed by atoms with E-state index >= 15 is 0 Å². The lowest BCUT2D eigenvalue weighted by Crippen LogP contribution is -2.20. The summed E-state index contributed by atoms with van der Waals surface area (Å²) in [5.74, 6) is 0.562. The largest absolute Gasteiger partial charge is 0.491 e. The van der Waals surface area contributed by atoms with Gasteiger partial charge in [0.05, 0.1) is 12.1 Å². The third-order valence-electron chi connectivity index (χ3n) is 3.06. The lowest BCUT2D eigenvalue weighted by atomic mass is 10.1. The molecule has 112 valence electrons. The van der Waals surface area contributed by atoms with Gasteiger partial charge in [-0.25, -0.2) is 4.39 Å². The fourth-order valence-corrected chi connectivity index (χ4v) is 2.11. The Morgan fingerprint density at radius 3 is 2.43 bits per heavy atom. The quantitative estimate of drug-likeness (QED) is 0.851. The summed E-state index contributed by atoms with van der Waals surface area (Å²) in [5, 5.41) is 3.24. The van der Waals surface area contributed by atoms with Crippen LogP contribution in [0.15, 0.2) is 48.5 Å². The SMILES string of the molecule is CC(C)Oc1ccc(C(CN)Nc2cccc(F)c2)cc1. The van der Waals surface area contributed by atoms with Crippen LogP contribution in [0, 0.1) is 5.82 Å².